The van der Waals surface area contributed by atoms with Crippen molar-refractivity contribution < 1.29 is 14.3 Å². The van der Waals surface area contributed by atoms with Crippen LogP contribution in [0.3, 0.4) is 0 Å². The number of piperidine rings is 1. The van der Waals surface area contributed by atoms with Gasteiger partial charge in [0.05, 0.1) is 11.4 Å². The Morgan fingerprint density at radius 3 is 2.71 bits per heavy atom. The highest BCUT2D eigenvalue weighted by molar-refractivity contribution is 5.93. The van der Waals surface area contributed by atoms with Gasteiger partial charge in [0.1, 0.15) is 5.82 Å². The molecule has 132 valence electrons. The van der Waals surface area contributed by atoms with Crippen LogP contribution < -0.4 is 15.5 Å². The number of amides is 2. The number of urea groups is 1. The lowest BCUT2D eigenvalue weighted by atomic mass is 10.1. The zero-order chi connectivity index (χ0) is 16.9. The highest BCUT2D eigenvalue weighted by Crippen LogP contribution is 2.34. The minimum absolute atomic E-state index is 0.0120. The summed E-state index contributed by atoms with van der Waals surface area (Å²) in [7, 11) is 0. The second-order valence-corrected chi connectivity index (χ2v) is 6.76. The third-order valence-corrected chi connectivity index (χ3v) is 4.85. The zero-order valence-corrected chi connectivity index (χ0v) is 13.9. The summed E-state index contributed by atoms with van der Waals surface area (Å²) in [6.45, 7) is 1.91. The maximum absolute atomic E-state index is 13.7. The van der Waals surface area contributed by atoms with Crippen molar-refractivity contribution in [1.82, 2.24) is 5.32 Å². The van der Waals surface area contributed by atoms with Gasteiger partial charge in [-0.3, -0.25) is 0 Å². The Morgan fingerprint density at radius 2 is 2.04 bits per heavy atom. The molecular formula is C18H26FN3O2. The van der Waals surface area contributed by atoms with Gasteiger partial charge in [-0.1, -0.05) is 0 Å². The van der Waals surface area contributed by atoms with Crippen molar-refractivity contribution in [1.29, 1.82) is 0 Å². The van der Waals surface area contributed by atoms with Gasteiger partial charge in [0.25, 0.3) is 0 Å². The molecule has 1 atom stereocenters. The van der Waals surface area contributed by atoms with Crippen molar-refractivity contribution in [2.45, 2.75) is 44.6 Å². The first kappa shape index (κ1) is 17.0. The Labute approximate surface area is 142 Å². The fourth-order valence-electron chi connectivity index (χ4n) is 3.41. The number of carbonyl (C=O) groups is 1. The summed E-state index contributed by atoms with van der Waals surface area (Å²) >= 11 is 0. The smallest absolute Gasteiger partial charge is 0.319 e. The summed E-state index contributed by atoms with van der Waals surface area (Å²) in [4.78, 5) is 14.5. The van der Waals surface area contributed by atoms with Crippen LogP contribution in [0, 0.1) is 11.7 Å². The van der Waals surface area contributed by atoms with Crippen LogP contribution in [0.2, 0.25) is 0 Å². The average Bonchev–Trinajstić information content (AvgIpc) is 3.40. The van der Waals surface area contributed by atoms with E-state index in [2.05, 4.69) is 15.5 Å². The molecule has 2 aliphatic rings. The van der Waals surface area contributed by atoms with Gasteiger partial charge >= 0.3 is 6.03 Å². The number of nitrogens with one attached hydrogen (secondary N) is 2. The van der Waals surface area contributed by atoms with Gasteiger partial charge in [0.2, 0.25) is 0 Å². The highest BCUT2D eigenvalue weighted by atomic mass is 19.1. The van der Waals surface area contributed by atoms with Crippen LogP contribution in [0.25, 0.3) is 0 Å². The number of aliphatic hydroxyl groups is 1. The van der Waals surface area contributed by atoms with Crippen LogP contribution in [0.1, 0.15) is 38.5 Å². The molecule has 5 nitrogen and oxygen atoms in total. The van der Waals surface area contributed by atoms with E-state index in [9.17, 15) is 9.18 Å². The number of anilines is 2. The molecule has 1 aromatic carbocycles. The summed E-state index contributed by atoms with van der Waals surface area (Å²) < 4.78 is 13.7. The summed E-state index contributed by atoms with van der Waals surface area (Å²) in [5, 5.41) is 14.9. The molecule has 2 amide bonds. The van der Waals surface area contributed by atoms with Gasteiger partial charge in [-0.15, -0.1) is 0 Å². The van der Waals surface area contributed by atoms with E-state index in [4.69, 9.17) is 5.11 Å². The molecule has 1 aliphatic carbocycles. The zero-order valence-electron chi connectivity index (χ0n) is 13.9. The molecule has 1 aromatic rings. The van der Waals surface area contributed by atoms with Crippen molar-refractivity contribution >= 4 is 17.4 Å². The lowest BCUT2D eigenvalue weighted by molar-refractivity contribution is 0.234. The maximum atomic E-state index is 13.7. The van der Waals surface area contributed by atoms with E-state index in [0.717, 1.165) is 44.5 Å². The fourth-order valence-corrected chi connectivity index (χ4v) is 3.41. The Kier molecular flexibility index (Phi) is 5.56. The van der Waals surface area contributed by atoms with Gasteiger partial charge < -0.3 is 20.6 Å². The number of hydrogen-bond donors (Lipinski definition) is 3. The molecule has 3 rings (SSSR count). The summed E-state index contributed by atoms with van der Waals surface area (Å²) in [5.41, 5.74) is 1.38. The van der Waals surface area contributed by atoms with Crippen LogP contribution in [0.15, 0.2) is 18.2 Å². The Bertz CT molecular complexity index is 571. The van der Waals surface area contributed by atoms with Gasteiger partial charge in [0.15, 0.2) is 0 Å². The predicted molar refractivity (Wildman–Crippen MR) is 92.8 cm³/mol. The van der Waals surface area contributed by atoms with Crippen molar-refractivity contribution in [3.63, 3.8) is 0 Å². The first-order valence-electron chi connectivity index (χ1n) is 8.90. The van der Waals surface area contributed by atoms with E-state index in [1.807, 2.05) is 0 Å². The van der Waals surface area contributed by atoms with Crippen molar-refractivity contribution in [3.05, 3.63) is 24.0 Å². The SMILES string of the molecule is O=C(Nc1cc(F)ccc1N1CCCCC1)NC(CCO)C1CC1. The van der Waals surface area contributed by atoms with E-state index in [0.29, 0.717) is 18.0 Å². The van der Waals surface area contributed by atoms with Gasteiger partial charge in [-0.05, 0) is 62.6 Å². The van der Waals surface area contributed by atoms with Gasteiger partial charge in [-0.25, -0.2) is 9.18 Å². The first-order valence-corrected chi connectivity index (χ1v) is 8.90. The van der Waals surface area contributed by atoms with Gasteiger partial charge in [0, 0.05) is 25.7 Å². The summed E-state index contributed by atoms with van der Waals surface area (Å²) in [6.07, 6.45) is 6.17. The van der Waals surface area contributed by atoms with E-state index in [1.165, 1.54) is 18.6 Å². The predicted octanol–water partition coefficient (Wildman–Crippen LogP) is 3.10. The maximum Gasteiger partial charge on any atom is 0.319 e. The number of halogens is 1. The molecular weight excluding hydrogens is 309 g/mol. The van der Waals surface area contributed by atoms with E-state index in [1.54, 1.807) is 6.07 Å². The normalized spacial score (nSPS) is 19.0. The Morgan fingerprint density at radius 1 is 1.29 bits per heavy atom. The number of carbonyl (C=O) groups excluding carboxylic acids is 1. The number of aliphatic hydroxyl groups excluding tert-OH is 1. The summed E-state index contributed by atoms with van der Waals surface area (Å²) in [5.74, 6) is 0.0946. The number of rotatable bonds is 6. The number of nitrogens with zero attached hydrogens (tertiary/aromatic N) is 1. The van der Waals surface area contributed by atoms with Crippen molar-refractivity contribution in [3.8, 4) is 0 Å². The van der Waals surface area contributed by atoms with E-state index >= 15 is 0 Å². The molecule has 1 saturated heterocycles. The molecule has 0 radical (unpaired) electrons. The summed E-state index contributed by atoms with van der Waals surface area (Å²) in [6, 6.07) is 4.21. The van der Waals surface area contributed by atoms with Crippen LogP contribution in [-0.2, 0) is 0 Å². The largest absolute Gasteiger partial charge is 0.396 e. The fraction of sp³-hybridized carbons (Fsp3) is 0.611. The Balaban J connectivity index is 1.68. The lowest BCUT2D eigenvalue weighted by Crippen LogP contribution is -2.40. The first-order chi connectivity index (χ1) is 11.7. The van der Waals surface area contributed by atoms with Crippen LogP contribution in [0.5, 0.6) is 0 Å². The average molecular weight is 335 g/mol. The monoisotopic (exact) mass is 335 g/mol. The minimum Gasteiger partial charge on any atom is -0.396 e. The van der Waals surface area contributed by atoms with Crippen molar-refractivity contribution in [2.75, 3.05) is 29.9 Å². The topological polar surface area (TPSA) is 64.6 Å². The molecule has 1 unspecified atom stereocenters. The lowest BCUT2D eigenvalue weighted by Gasteiger charge is -2.30. The highest BCUT2D eigenvalue weighted by Gasteiger charge is 2.32. The molecule has 2 fully saturated rings. The third kappa shape index (κ3) is 4.38. The molecule has 24 heavy (non-hydrogen) atoms. The second kappa shape index (κ2) is 7.83. The van der Waals surface area contributed by atoms with Crippen LogP contribution >= 0.6 is 0 Å². The molecule has 1 heterocycles. The number of hydrogen-bond acceptors (Lipinski definition) is 3. The molecule has 6 heteroatoms. The third-order valence-electron chi connectivity index (χ3n) is 4.85. The van der Waals surface area contributed by atoms with Crippen LogP contribution in [-0.4, -0.2) is 36.9 Å². The van der Waals surface area contributed by atoms with Crippen molar-refractivity contribution in [2.24, 2.45) is 5.92 Å². The second-order valence-electron chi connectivity index (χ2n) is 6.76. The molecule has 0 bridgehead atoms. The standard InChI is InChI=1S/C18H26FN3O2/c19-14-6-7-17(22-9-2-1-3-10-22)16(12-14)21-18(24)20-15(8-11-23)13-4-5-13/h6-7,12-13,15,23H,1-5,8-11H2,(H2,20,21,24). The minimum atomic E-state index is -0.361. The van der Waals surface area contributed by atoms with E-state index in [-0.39, 0.29) is 24.5 Å². The van der Waals surface area contributed by atoms with E-state index < -0.39 is 0 Å². The number of benzene rings is 1. The molecule has 0 spiro atoms. The Hall–Kier alpha value is -1.82. The molecule has 1 saturated carbocycles. The molecule has 0 aromatic heterocycles. The molecule has 1 aliphatic heterocycles. The van der Waals surface area contributed by atoms with Crippen LogP contribution in [0.4, 0.5) is 20.6 Å². The molecule has 3 N–H and O–H groups in total. The van der Waals surface area contributed by atoms with Gasteiger partial charge in [-0.2, -0.15) is 0 Å². The quantitative estimate of drug-likeness (QED) is 0.748.